The van der Waals surface area contributed by atoms with E-state index in [1.54, 1.807) is 6.33 Å². The van der Waals surface area contributed by atoms with Crippen molar-refractivity contribution in [1.82, 2.24) is 19.9 Å². The molecule has 1 aliphatic rings. The maximum absolute atomic E-state index is 4.50. The Morgan fingerprint density at radius 1 is 1.23 bits per heavy atom. The van der Waals surface area contributed by atoms with E-state index >= 15 is 0 Å². The Hall–Kier alpha value is -2.01. The van der Waals surface area contributed by atoms with Gasteiger partial charge >= 0.3 is 0 Å². The van der Waals surface area contributed by atoms with Crippen LogP contribution < -0.4 is 5.32 Å². The summed E-state index contributed by atoms with van der Waals surface area (Å²) in [6.07, 6.45) is 7.42. The number of anilines is 1. The first-order chi connectivity index (χ1) is 10.7. The van der Waals surface area contributed by atoms with E-state index in [0.29, 0.717) is 6.04 Å². The lowest BCUT2D eigenvalue weighted by molar-refractivity contribution is 0.278. The van der Waals surface area contributed by atoms with Crippen LogP contribution >= 0.6 is 0 Å². The molecule has 0 fully saturated rings. The maximum atomic E-state index is 4.50. The van der Waals surface area contributed by atoms with Crippen LogP contribution in [0.25, 0.3) is 0 Å². The van der Waals surface area contributed by atoms with Crippen molar-refractivity contribution in [3.8, 4) is 0 Å². The Morgan fingerprint density at radius 3 is 2.86 bits per heavy atom. The summed E-state index contributed by atoms with van der Waals surface area (Å²) >= 11 is 0. The van der Waals surface area contributed by atoms with E-state index in [2.05, 4.69) is 45.1 Å². The summed E-state index contributed by atoms with van der Waals surface area (Å²) in [4.78, 5) is 15.6. The third kappa shape index (κ3) is 3.60. The minimum atomic E-state index is 0.383. The fourth-order valence-electron chi connectivity index (χ4n) is 2.88. The van der Waals surface area contributed by atoms with Gasteiger partial charge in [-0.25, -0.2) is 9.97 Å². The average Bonchev–Trinajstić information content (AvgIpc) is 2.71. The Labute approximate surface area is 131 Å². The summed E-state index contributed by atoms with van der Waals surface area (Å²) in [6, 6.07) is 4.52. The fraction of sp³-hybridized carbons (Fsp3) is 0.471. The first kappa shape index (κ1) is 14.9. The van der Waals surface area contributed by atoms with Gasteiger partial charge in [-0.15, -0.1) is 0 Å². The molecule has 2 aromatic rings. The van der Waals surface area contributed by atoms with Gasteiger partial charge in [-0.1, -0.05) is 6.07 Å². The lowest BCUT2D eigenvalue weighted by Gasteiger charge is -2.19. The zero-order chi connectivity index (χ0) is 15.4. The van der Waals surface area contributed by atoms with Gasteiger partial charge in [0.2, 0.25) is 0 Å². The molecule has 0 saturated carbocycles. The third-order valence-corrected chi connectivity index (χ3v) is 3.93. The molecule has 0 atom stereocenters. The van der Waals surface area contributed by atoms with E-state index < -0.39 is 0 Å². The second-order valence-electron chi connectivity index (χ2n) is 6.08. The van der Waals surface area contributed by atoms with Crippen LogP contribution in [0.3, 0.4) is 0 Å². The van der Waals surface area contributed by atoms with Crippen LogP contribution in [0.5, 0.6) is 0 Å². The quantitative estimate of drug-likeness (QED) is 0.938. The van der Waals surface area contributed by atoms with Crippen LogP contribution in [0.4, 0.5) is 5.82 Å². The molecule has 0 radical (unpaired) electrons. The molecule has 2 aromatic heterocycles. The minimum Gasteiger partial charge on any atom is -0.368 e. The molecule has 22 heavy (non-hydrogen) atoms. The van der Waals surface area contributed by atoms with Crippen LogP contribution in [0.1, 0.15) is 30.7 Å². The molecule has 0 amide bonds. The molecular formula is C17H23N5. The third-order valence-electron chi connectivity index (χ3n) is 3.93. The minimum absolute atomic E-state index is 0.383. The molecule has 1 N–H and O–H groups in total. The van der Waals surface area contributed by atoms with E-state index in [0.717, 1.165) is 38.3 Å². The molecule has 116 valence electrons. The normalized spacial score (nSPS) is 15.4. The number of aromatic nitrogens is 3. The smallest absolute Gasteiger partial charge is 0.133 e. The first-order valence-electron chi connectivity index (χ1n) is 7.93. The molecule has 0 bridgehead atoms. The summed E-state index contributed by atoms with van der Waals surface area (Å²) in [6.45, 7) is 7.28. The van der Waals surface area contributed by atoms with E-state index in [1.807, 2.05) is 18.5 Å². The molecular weight excluding hydrogens is 274 g/mol. The van der Waals surface area contributed by atoms with Crippen molar-refractivity contribution < 1.29 is 0 Å². The number of fused-ring (bicyclic) bond motifs is 1. The SMILES string of the molecule is CC(C)Nc1ncnc2c1CCN(Cc1cccnc1)CC2. The largest absolute Gasteiger partial charge is 0.368 e. The van der Waals surface area contributed by atoms with Gasteiger partial charge in [-0.3, -0.25) is 9.88 Å². The van der Waals surface area contributed by atoms with Crippen molar-refractivity contribution >= 4 is 5.82 Å². The highest BCUT2D eigenvalue weighted by molar-refractivity contribution is 5.47. The summed E-state index contributed by atoms with van der Waals surface area (Å²) in [5, 5.41) is 3.45. The number of hydrogen-bond donors (Lipinski definition) is 1. The highest BCUT2D eigenvalue weighted by atomic mass is 15.1. The van der Waals surface area contributed by atoms with E-state index in [4.69, 9.17) is 0 Å². The van der Waals surface area contributed by atoms with Crippen molar-refractivity contribution in [3.05, 3.63) is 47.7 Å². The van der Waals surface area contributed by atoms with Crippen LogP contribution in [0.2, 0.25) is 0 Å². The average molecular weight is 297 g/mol. The van der Waals surface area contributed by atoms with Crippen molar-refractivity contribution in [2.75, 3.05) is 18.4 Å². The molecule has 5 nitrogen and oxygen atoms in total. The van der Waals surface area contributed by atoms with E-state index in [-0.39, 0.29) is 0 Å². The number of nitrogens with one attached hydrogen (secondary N) is 1. The zero-order valence-corrected chi connectivity index (χ0v) is 13.3. The molecule has 0 spiro atoms. The first-order valence-corrected chi connectivity index (χ1v) is 7.93. The monoisotopic (exact) mass is 297 g/mol. The Balaban J connectivity index is 1.72. The number of rotatable bonds is 4. The van der Waals surface area contributed by atoms with Crippen molar-refractivity contribution in [3.63, 3.8) is 0 Å². The Bertz CT molecular complexity index is 612. The van der Waals surface area contributed by atoms with Crippen molar-refractivity contribution in [1.29, 1.82) is 0 Å². The van der Waals surface area contributed by atoms with Gasteiger partial charge in [0, 0.05) is 50.1 Å². The van der Waals surface area contributed by atoms with Crippen LogP contribution in [0.15, 0.2) is 30.9 Å². The molecule has 0 saturated heterocycles. The van der Waals surface area contributed by atoms with Crippen LogP contribution in [-0.2, 0) is 19.4 Å². The Kier molecular flexibility index (Phi) is 4.63. The van der Waals surface area contributed by atoms with Gasteiger partial charge < -0.3 is 5.32 Å². The summed E-state index contributed by atoms with van der Waals surface area (Å²) in [7, 11) is 0. The number of nitrogens with zero attached hydrogens (tertiary/aromatic N) is 4. The van der Waals surface area contributed by atoms with Gasteiger partial charge in [0.25, 0.3) is 0 Å². The van der Waals surface area contributed by atoms with Crippen LogP contribution in [-0.4, -0.2) is 39.0 Å². The molecule has 3 heterocycles. The molecule has 0 aliphatic carbocycles. The fourth-order valence-corrected chi connectivity index (χ4v) is 2.88. The lowest BCUT2D eigenvalue weighted by atomic mass is 10.1. The van der Waals surface area contributed by atoms with Crippen LogP contribution in [0, 0.1) is 0 Å². The zero-order valence-electron chi connectivity index (χ0n) is 13.3. The van der Waals surface area contributed by atoms with Gasteiger partial charge in [0.05, 0.1) is 5.69 Å². The molecule has 0 unspecified atom stereocenters. The summed E-state index contributed by atoms with van der Waals surface area (Å²) in [5.41, 5.74) is 3.73. The maximum Gasteiger partial charge on any atom is 0.133 e. The Morgan fingerprint density at radius 2 is 2.09 bits per heavy atom. The predicted octanol–water partition coefficient (Wildman–Crippen LogP) is 2.29. The van der Waals surface area contributed by atoms with Gasteiger partial charge in [-0.05, 0) is 31.9 Å². The van der Waals surface area contributed by atoms with Crippen molar-refractivity contribution in [2.24, 2.45) is 0 Å². The summed E-state index contributed by atoms with van der Waals surface area (Å²) in [5.74, 6) is 1.00. The number of pyridine rings is 1. The molecule has 0 aromatic carbocycles. The highest BCUT2D eigenvalue weighted by Gasteiger charge is 2.18. The summed E-state index contributed by atoms with van der Waals surface area (Å²) < 4.78 is 0. The molecule has 3 rings (SSSR count). The topological polar surface area (TPSA) is 53.9 Å². The van der Waals surface area contributed by atoms with Gasteiger partial charge in [0.1, 0.15) is 12.1 Å². The van der Waals surface area contributed by atoms with E-state index in [9.17, 15) is 0 Å². The van der Waals surface area contributed by atoms with E-state index in [1.165, 1.54) is 16.8 Å². The van der Waals surface area contributed by atoms with Gasteiger partial charge in [0.15, 0.2) is 0 Å². The second kappa shape index (κ2) is 6.83. The van der Waals surface area contributed by atoms with Crippen molar-refractivity contribution in [2.45, 2.75) is 39.3 Å². The number of hydrogen-bond acceptors (Lipinski definition) is 5. The molecule has 1 aliphatic heterocycles. The highest BCUT2D eigenvalue weighted by Crippen LogP contribution is 2.21. The predicted molar refractivity (Wildman–Crippen MR) is 87.7 cm³/mol. The molecule has 5 heteroatoms. The van der Waals surface area contributed by atoms with Gasteiger partial charge in [-0.2, -0.15) is 0 Å². The second-order valence-corrected chi connectivity index (χ2v) is 6.08. The standard InChI is InChI=1S/C17H23N5/c1-13(2)21-17-15-5-8-22(9-6-16(15)19-12-20-17)11-14-4-3-7-18-10-14/h3-4,7,10,12-13H,5-6,8-9,11H2,1-2H3,(H,19,20,21). The lowest BCUT2D eigenvalue weighted by Crippen LogP contribution is -2.26.